The minimum Gasteiger partial charge on any atom is -0.455 e. The van der Waals surface area contributed by atoms with Crippen LogP contribution in [0, 0.1) is 16.0 Å². The molecule has 1 amide bonds. The number of esters is 1. The third-order valence-corrected chi connectivity index (χ3v) is 7.17. The number of ether oxygens (including phenoxy) is 1. The summed E-state index contributed by atoms with van der Waals surface area (Å²) in [5.41, 5.74) is -0.222. The summed E-state index contributed by atoms with van der Waals surface area (Å²) in [5.74, 6) is -1.79. The van der Waals surface area contributed by atoms with Gasteiger partial charge in [0.15, 0.2) is 6.61 Å². The molecule has 1 aliphatic heterocycles. The molecule has 0 aromatic heterocycles. The number of nitro benzene ring substituents is 1. The van der Waals surface area contributed by atoms with Crippen LogP contribution in [0.2, 0.25) is 5.02 Å². The zero-order valence-electron chi connectivity index (χ0n) is 16.8. The average Bonchev–Trinajstić information content (AvgIpc) is 2.79. The molecule has 1 heterocycles. The van der Waals surface area contributed by atoms with Gasteiger partial charge >= 0.3 is 5.97 Å². The lowest BCUT2D eigenvalue weighted by Crippen LogP contribution is -2.40. The molecule has 0 bridgehead atoms. The van der Waals surface area contributed by atoms with Crippen LogP contribution in [-0.4, -0.2) is 49.2 Å². The number of nitrogens with one attached hydrogen (secondary N) is 1. The average molecular weight is 482 g/mol. The number of amides is 1. The van der Waals surface area contributed by atoms with Crippen LogP contribution in [0.1, 0.15) is 12.8 Å². The fourth-order valence-electron chi connectivity index (χ4n) is 3.26. The van der Waals surface area contributed by atoms with Crippen LogP contribution < -0.4 is 5.32 Å². The molecule has 32 heavy (non-hydrogen) atoms. The molecule has 0 atom stereocenters. The van der Waals surface area contributed by atoms with E-state index in [1.54, 1.807) is 18.2 Å². The van der Waals surface area contributed by atoms with Crippen molar-refractivity contribution in [1.29, 1.82) is 0 Å². The van der Waals surface area contributed by atoms with Crippen LogP contribution in [0.15, 0.2) is 53.4 Å². The topological polar surface area (TPSA) is 136 Å². The molecule has 0 spiro atoms. The number of halogens is 1. The monoisotopic (exact) mass is 481 g/mol. The van der Waals surface area contributed by atoms with E-state index in [0.717, 1.165) is 6.07 Å². The van der Waals surface area contributed by atoms with E-state index in [1.807, 2.05) is 0 Å². The maximum atomic E-state index is 12.6. The van der Waals surface area contributed by atoms with Crippen molar-refractivity contribution in [1.82, 2.24) is 4.31 Å². The predicted molar refractivity (Wildman–Crippen MR) is 116 cm³/mol. The van der Waals surface area contributed by atoms with Crippen molar-refractivity contribution >= 4 is 44.9 Å². The Kier molecular flexibility index (Phi) is 7.44. The van der Waals surface area contributed by atoms with Crippen molar-refractivity contribution in [3.63, 3.8) is 0 Å². The van der Waals surface area contributed by atoms with Gasteiger partial charge in [-0.05, 0) is 37.1 Å². The van der Waals surface area contributed by atoms with Gasteiger partial charge in [-0.1, -0.05) is 29.8 Å². The van der Waals surface area contributed by atoms with E-state index < -0.39 is 39.3 Å². The van der Waals surface area contributed by atoms with Gasteiger partial charge in [0, 0.05) is 24.8 Å². The third kappa shape index (κ3) is 5.61. The number of anilines is 1. The predicted octanol–water partition coefficient (Wildman–Crippen LogP) is 2.83. The number of piperidine rings is 1. The second-order valence-corrected chi connectivity index (χ2v) is 9.42. The highest BCUT2D eigenvalue weighted by molar-refractivity contribution is 7.89. The number of carbonyl (C=O) groups is 2. The Balaban J connectivity index is 1.49. The Morgan fingerprint density at radius 3 is 2.44 bits per heavy atom. The summed E-state index contributed by atoms with van der Waals surface area (Å²) in [6.45, 7) is -0.243. The first-order valence-electron chi connectivity index (χ1n) is 9.64. The Bertz CT molecular complexity index is 1120. The van der Waals surface area contributed by atoms with Crippen molar-refractivity contribution in [3.05, 3.63) is 63.7 Å². The van der Waals surface area contributed by atoms with Crippen molar-refractivity contribution in [2.24, 2.45) is 5.92 Å². The minimum atomic E-state index is -3.62. The number of sulfonamides is 1. The van der Waals surface area contributed by atoms with Crippen molar-refractivity contribution < 1.29 is 27.7 Å². The van der Waals surface area contributed by atoms with Gasteiger partial charge in [0.05, 0.1) is 15.7 Å². The fraction of sp³-hybridized carbons (Fsp3) is 0.300. The molecule has 1 fully saturated rings. The standard InChI is InChI=1S/C20H20ClN3O7S/c21-17-7-6-15(12-18(17)24(27)28)22-19(25)13-31-20(26)14-8-10-23(11-9-14)32(29,30)16-4-2-1-3-5-16/h1-7,12,14H,8-11,13H2,(H,22,25). The van der Waals surface area contributed by atoms with E-state index in [9.17, 15) is 28.1 Å². The number of hydrogen-bond donors (Lipinski definition) is 1. The summed E-state index contributed by atoms with van der Waals surface area (Å²) < 4.78 is 31.7. The van der Waals surface area contributed by atoms with Gasteiger partial charge < -0.3 is 10.1 Å². The van der Waals surface area contributed by atoms with Gasteiger partial charge in [-0.15, -0.1) is 0 Å². The summed E-state index contributed by atoms with van der Waals surface area (Å²) in [6.07, 6.45) is 0.547. The van der Waals surface area contributed by atoms with E-state index in [0.29, 0.717) is 0 Å². The molecule has 3 rings (SSSR count). The second kappa shape index (κ2) is 10.1. The van der Waals surface area contributed by atoms with E-state index >= 15 is 0 Å². The zero-order chi connectivity index (χ0) is 23.3. The smallest absolute Gasteiger partial charge is 0.309 e. The van der Waals surface area contributed by atoms with Crippen molar-refractivity contribution in [2.45, 2.75) is 17.7 Å². The van der Waals surface area contributed by atoms with E-state index in [-0.39, 0.29) is 47.2 Å². The molecule has 1 aliphatic rings. The van der Waals surface area contributed by atoms with E-state index in [2.05, 4.69) is 5.32 Å². The van der Waals surface area contributed by atoms with Crippen LogP contribution in [0.3, 0.4) is 0 Å². The van der Waals surface area contributed by atoms with Crippen LogP contribution in [-0.2, 0) is 24.3 Å². The Morgan fingerprint density at radius 1 is 1.16 bits per heavy atom. The van der Waals surface area contributed by atoms with Gasteiger partial charge in [-0.3, -0.25) is 19.7 Å². The first kappa shape index (κ1) is 23.6. The van der Waals surface area contributed by atoms with Gasteiger partial charge in [-0.25, -0.2) is 8.42 Å². The highest BCUT2D eigenvalue weighted by Crippen LogP contribution is 2.27. The Labute approximate surface area is 189 Å². The lowest BCUT2D eigenvalue weighted by molar-refractivity contribution is -0.384. The molecule has 12 heteroatoms. The first-order valence-corrected chi connectivity index (χ1v) is 11.5. The largest absolute Gasteiger partial charge is 0.455 e. The lowest BCUT2D eigenvalue weighted by Gasteiger charge is -2.30. The highest BCUT2D eigenvalue weighted by atomic mass is 35.5. The van der Waals surface area contributed by atoms with Gasteiger partial charge in [0.25, 0.3) is 11.6 Å². The molecular formula is C20H20ClN3O7S. The molecule has 2 aromatic carbocycles. The third-order valence-electron chi connectivity index (χ3n) is 4.94. The van der Waals surface area contributed by atoms with Crippen LogP contribution >= 0.6 is 11.6 Å². The normalized spacial score (nSPS) is 15.2. The summed E-state index contributed by atoms with van der Waals surface area (Å²) in [7, 11) is -3.62. The molecule has 0 aliphatic carbocycles. The quantitative estimate of drug-likeness (QED) is 0.364. The number of benzene rings is 2. The summed E-state index contributed by atoms with van der Waals surface area (Å²) in [4.78, 5) is 34.7. The Hall–Kier alpha value is -3.02. The molecule has 0 radical (unpaired) electrons. The number of nitro groups is 1. The second-order valence-electron chi connectivity index (χ2n) is 7.07. The molecular weight excluding hydrogens is 462 g/mol. The van der Waals surface area contributed by atoms with Gasteiger partial charge in [0.2, 0.25) is 10.0 Å². The van der Waals surface area contributed by atoms with Crippen LogP contribution in [0.5, 0.6) is 0 Å². The molecule has 0 saturated carbocycles. The SMILES string of the molecule is O=C(COC(=O)C1CCN(S(=O)(=O)c2ccccc2)CC1)Nc1ccc(Cl)c([N+](=O)[O-])c1. The lowest BCUT2D eigenvalue weighted by atomic mass is 9.98. The van der Waals surface area contributed by atoms with Crippen LogP contribution in [0.4, 0.5) is 11.4 Å². The molecule has 0 unspecified atom stereocenters. The van der Waals surface area contributed by atoms with E-state index in [4.69, 9.17) is 16.3 Å². The molecule has 2 aromatic rings. The van der Waals surface area contributed by atoms with Crippen molar-refractivity contribution in [3.8, 4) is 0 Å². The van der Waals surface area contributed by atoms with Crippen molar-refractivity contribution in [2.75, 3.05) is 25.0 Å². The number of nitrogens with zero attached hydrogens (tertiary/aromatic N) is 2. The zero-order valence-corrected chi connectivity index (χ0v) is 18.3. The van der Waals surface area contributed by atoms with Gasteiger partial charge in [0.1, 0.15) is 5.02 Å². The summed E-state index contributed by atoms with van der Waals surface area (Å²) in [6, 6.07) is 11.8. The molecule has 1 saturated heterocycles. The summed E-state index contributed by atoms with van der Waals surface area (Å²) >= 11 is 5.72. The molecule has 10 nitrogen and oxygen atoms in total. The van der Waals surface area contributed by atoms with Gasteiger partial charge in [-0.2, -0.15) is 4.31 Å². The van der Waals surface area contributed by atoms with E-state index in [1.165, 1.54) is 28.6 Å². The number of carbonyl (C=O) groups excluding carboxylic acids is 2. The fourth-order valence-corrected chi connectivity index (χ4v) is 4.93. The number of rotatable bonds is 7. The highest BCUT2D eigenvalue weighted by Gasteiger charge is 2.32. The first-order chi connectivity index (χ1) is 15.2. The maximum Gasteiger partial charge on any atom is 0.309 e. The summed E-state index contributed by atoms with van der Waals surface area (Å²) in [5, 5.41) is 13.2. The maximum absolute atomic E-state index is 12.6. The minimum absolute atomic E-state index is 0.0694. The Morgan fingerprint density at radius 2 is 1.81 bits per heavy atom. The molecule has 1 N–H and O–H groups in total. The number of hydrogen-bond acceptors (Lipinski definition) is 7. The molecule has 170 valence electrons. The van der Waals surface area contributed by atoms with Crippen LogP contribution in [0.25, 0.3) is 0 Å².